The van der Waals surface area contributed by atoms with Gasteiger partial charge >= 0.3 is 6.03 Å². The molecule has 0 saturated heterocycles. The predicted molar refractivity (Wildman–Crippen MR) is 89.1 cm³/mol. The Hall–Kier alpha value is -1.56. The number of halogens is 1. The first-order valence-corrected chi connectivity index (χ1v) is 7.88. The third kappa shape index (κ3) is 5.04. The van der Waals surface area contributed by atoms with Crippen LogP contribution >= 0.6 is 22.9 Å². The second-order valence-corrected chi connectivity index (χ2v) is 6.55. The minimum atomic E-state index is -0.223. The van der Waals surface area contributed by atoms with Gasteiger partial charge in [0.2, 0.25) is 0 Å². The third-order valence-corrected chi connectivity index (χ3v) is 4.25. The third-order valence-electron chi connectivity index (χ3n) is 2.96. The molecule has 1 aromatic heterocycles. The Morgan fingerprint density at radius 3 is 2.86 bits per heavy atom. The van der Waals surface area contributed by atoms with Crippen molar-refractivity contribution in [2.45, 2.75) is 19.4 Å². The van der Waals surface area contributed by atoms with E-state index >= 15 is 0 Å². The van der Waals surface area contributed by atoms with Crippen molar-refractivity contribution in [3.8, 4) is 0 Å². The summed E-state index contributed by atoms with van der Waals surface area (Å²) in [6.07, 6.45) is 0.769. The highest BCUT2D eigenvalue weighted by molar-refractivity contribution is 7.16. The quantitative estimate of drug-likeness (QED) is 0.783. The molecule has 1 atom stereocenters. The summed E-state index contributed by atoms with van der Waals surface area (Å²) in [7, 11) is 0. The van der Waals surface area contributed by atoms with E-state index in [2.05, 4.69) is 10.6 Å². The lowest BCUT2D eigenvalue weighted by Gasteiger charge is -2.10. The smallest absolute Gasteiger partial charge is 0.319 e. The van der Waals surface area contributed by atoms with Crippen LogP contribution in [0.2, 0.25) is 4.34 Å². The number of hydrogen-bond acceptors (Lipinski definition) is 3. The van der Waals surface area contributed by atoms with Gasteiger partial charge in [-0.1, -0.05) is 23.7 Å². The second kappa shape index (κ2) is 7.45. The number of rotatable bonds is 5. The van der Waals surface area contributed by atoms with Crippen LogP contribution in [-0.2, 0) is 6.42 Å². The number of anilines is 1. The highest BCUT2D eigenvalue weighted by Crippen LogP contribution is 2.21. The molecule has 1 aromatic carbocycles. The number of thiophene rings is 1. The van der Waals surface area contributed by atoms with Crippen molar-refractivity contribution in [3.05, 3.63) is 51.2 Å². The standard InChI is InChI=1S/C15H18ClN3OS/c1-10(17)11-3-2-4-12(9-11)19-15(20)18-8-7-13-5-6-14(16)21-13/h2-6,9-10H,7-8,17H2,1H3,(H2,18,19,20). The number of amides is 2. The van der Waals surface area contributed by atoms with E-state index in [0.29, 0.717) is 6.54 Å². The zero-order valence-corrected chi connectivity index (χ0v) is 13.3. The van der Waals surface area contributed by atoms with Gasteiger partial charge in [-0.05, 0) is 43.2 Å². The van der Waals surface area contributed by atoms with Crippen LogP contribution in [0.5, 0.6) is 0 Å². The topological polar surface area (TPSA) is 67.1 Å². The fourth-order valence-electron chi connectivity index (χ4n) is 1.86. The summed E-state index contributed by atoms with van der Waals surface area (Å²) in [6, 6.07) is 11.1. The number of benzene rings is 1. The molecule has 0 spiro atoms. The van der Waals surface area contributed by atoms with Gasteiger partial charge in [0.1, 0.15) is 0 Å². The summed E-state index contributed by atoms with van der Waals surface area (Å²) in [5, 5.41) is 5.62. The number of nitrogens with two attached hydrogens (primary N) is 1. The van der Waals surface area contributed by atoms with Crippen LogP contribution in [0.15, 0.2) is 36.4 Å². The lowest BCUT2D eigenvalue weighted by atomic mass is 10.1. The first kappa shape index (κ1) is 15.8. The Morgan fingerprint density at radius 1 is 1.38 bits per heavy atom. The Morgan fingerprint density at radius 2 is 2.19 bits per heavy atom. The van der Waals surface area contributed by atoms with Crippen molar-refractivity contribution in [1.82, 2.24) is 5.32 Å². The Labute approximate surface area is 133 Å². The van der Waals surface area contributed by atoms with Crippen molar-refractivity contribution < 1.29 is 4.79 Å². The summed E-state index contributed by atoms with van der Waals surface area (Å²) in [5.41, 5.74) is 7.55. The fraction of sp³-hybridized carbons (Fsp3) is 0.267. The van der Waals surface area contributed by atoms with E-state index in [1.165, 1.54) is 11.3 Å². The molecule has 2 rings (SSSR count). The van der Waals surface area contributed by atoms with Crippen molar-refractivity contribution in [1.29, 1.82) is 0 Å². The van der Waals surface area contributed by atoms with Crippen molar-refractivity contribution in [2.24, 2.45) is 5.73 Å². The van der Waals surface area contributed by atoms with Crippen molar-refractivity contribution >= 4 is 34.7 Å². The summed E-state index contributed by atoms with van der Waals surface area (Å²) in [6.45, 7) is 2.47. The summed E-state index contributed by atoms with van der Waals surface area (Å²) < 4.78 is 0.766. The summed E-state index contributed by atoms with van der Waals surface area (Å²) in [5.74, 6) is 0. The van der Waals surface area contributed by atoms with E-state index < -0.39 is 0 Å². The Bertz CT molecular complexity index is 612. The zero-order valence-electron chi connectivity index (χ0n) is 11.7. The lowest BCUT2D eigenvalue weighted by molar-refractivity contribution is 0.252. The molecule has 0 aliphatic heterocycles. The van der Waals surface area contributed by atoms with Gasteiger partial charge in [-0.25, -0.2) is 4.79 Å². The van der Waals surface area contributed by atoms with E-state index in [1.807, 2.05) is 43.3 Å². The Kier molecular flexibility index (Phi) is 5.61. The molecule has 0 aliphatic carbocycles. The van der Waals surface area contributed by atoms with Crippen LogP contribution in [0, 0.1) is 0 Å². The molecular formula is C15H18ClN3OS. The monoisotopic (exact) mass is 323 g/mol. The first-order valence-electron chi connectivity index (χ1n) is 6.69. The lowest BCUT2D eigenvalue weighted by Crippen LogP contribution is -2.30. The molecule has 0 aliphatic rings. The SMILES string of the molecule is CC(N)c1cccc(NC(=O)NCCc2ccc(Cl)s2)c1. The summed E-state index contributed by atoms with van der Waals surface area (Å²) in [4.78, 5) is 13.0. The van der Waals surface area contributed by atoms with Crippen molar-refractivity contribution in [3.63, 3.8) is 0 Å². The maximum absolute atomic E-state index is 11.8. The van der Waals surface area contributed by atoms with E-state index in [4.69, 9.17) is 17.3 Å². The summed E-state index contributed by atoms with van der Waals surface area (Å²) >= 11 is 7.39. The average Bonchev–Trinajstić information content (AvgIpc) is 2.84. The maximum atomic E-state index is 11.8. The highest BCUT2D eigenvalue weighted by atomic mass is 35.5. The van der Waals surface area contributed by atoms with Gasteiger partial charge in [-0.15, -0.1) is 11.3 Å². The zero-order chi connectivity index (χ0) is 15.2. The number of hydrogen-bond donors (Lipinski definition) is 3. The molecule has 0 saturated carbocycles. The molecule has 4 N–H and O–H groups in total. The van der Waals surface area contributed by atoms with Gasteiger partial charge in [-0.2, -0.15) is 0 Å². The van der Waals surface area contributed by atoms with Crippen molar-refractivity contribution in [2.75, 3.05) is 11.9 Å². The Balaban J connectivity index is 1.80. The first-order chi connectivity index (χ1) is 10.0. The minimum absolute atomic E-state index is 0.0570. The highest BCUT2D eigenvalue weighted by Gasteiger charge is 2.05. The largest absolute Gasteiger partial charge is 0.338 e. The van der Waals surface area contributed by atoms with Gasteiger partial charge in [0.05, 0.1) is 4.34 Å². The molecule has 6 heteroatoms. The van der Waals surface area contributed by atoms with E-state index in [-0.39, 0.29) is 12.1 Å². The van der Waals surface area contributed by atoms with Gasteiger partial charge in [-0.3, -0.25) is 0 Å². The van der Waals surface area contributed by atoms with E-state index in [1.54, 1.807) is 0 Å². The number of carbonyl (C=O) groups excluding carboxylic acids is 1. The van der Waals surface area contributed by atoms with Gasteiger partial charge < -0.3 is 16.4 Å². The molecule has 2 aromatic rings. The number of urea groups is 1. The van der Waals surface area contributed by atoms with Gasteiger partial charge in [0.25, 0.3) is 0 Å². The molecular weight excluding hydrogens is 306 g/mol. The molecule has 2 amide bonds. The molecule has 21 heavy (non-hydrogen) atoms. The van der Waals surface area contributed by atoms with Crippen LogP contribution in [-0.4, -0.2) is 12.6 Å². The van der Waals surface area contributed by atoms with Crippen LogP contribution in [0.3, 0.4) is 0 Å². The molecule has 4 nitrogen and oxygen atoms in total. The molecule has 0 radical (unpaired) electrons. The van der Waals surface area contributed by atoms with E-state index in [0.717, 1.165) is 26.9 Å². The molecule has 0 fully saturated rings. The second-order valence-electron chi connectivity index (χ2n) is 4.75. The molecule has 1 heterocycles. The van der Waals surface area contributed by atoms with Gasteiger partial charge in [0.15, 0.2) is 0 Å². The molecule has 0 bridgehead atoms. The average molecular weight is 324 g/mol. The predicted octanol–water partition coefficient (Wildman–Crippen LogP) is 3.79. The number of carbonyl (C=O) groups is 1. The minimum Gasteiger partial charge on any atom is -0.338 e. The van der Waals surface area contributed by atoms with Crippen LogP contribution in [0.4, 0.5) is 10.5 Å². The normalized spacial score (nSPS) is 12.0. The van der Waals surface area contributed by atoms with Gasteiger partial charge in [0, 0.05) is 23.2 Å². The molecule has 1 unspecified atom stereocenters. The fourth-order valence-corrected chi connectivity index (χ4v) is 2.95. The number of nitrogens with one attached hydrogen (secondary N) is 2. The van der Waals surface area contributed by atoms with E-state index in [9.17, 15) is 4.79 Å². The van der Waals surface area contributed by atoms with Crippen LogP contribution in [0.1, 0.15) is 23.4 Å². The molecule has 112 valence electrons. The van der Waals surface area contributed by atoms with Crippen LogP contribution in [0.25, 0.3) is 0 Å². The maximum Gasteiger partial charge on any atom is 0.319 e. The van der Waals surface area contributed by atoms with Crippen LogP contribution < -0.4 is 16.4 Å².